The van der Waals surface area contributed by atoms with E-state index in [0.29, 0.717) is 0 Å². The molecule has 30 heavy (non-hydrogen) atoms. The molecule has 7 heteroatoms. The molecule has 0 radical (unpaired) electrons. The van der Waals surface area contributed by atoms with Gasteiger partial charge in [0, 0.05) is 38.8 Å². The lowest BCUT2D eigenvalue weighted by molar-refractivity contribution is 0.0513. The largest absolute Gasteiger partial charge is 0.381 e. The van der Waals surface area contributed by atoms with E-state index in [9.17, 15) is 4.39 Å². The standard InChI is InChI=1S/C23H37FN4O.HI/c1-19-8-14-28(15-9-19)13-3-12-26-22(25-2)27-18-23(10-16-29-17-11-23)20-4-6-21(24)7-5-20;/h4-7,19H,3,8-18H2,1-2H3,(H2,25,26,27);1H. The zero-order valence-electron chi connectivity index (χ0n) is 18.5. The van der Waals surface area contributed by atoms with E-state index in [1.165, 1.54) is 31.5 Å². The minimum absolute atomic E-state index is 0. The molecule has 2 N–H and O–H groups in total. The maximum absolute atomic E-state index is 13.4. The number of likely N-dealkylation sites (tertiary alicyclic amines) is 1. The quantitative estimate of drug-likeness (QED) is 0.243. The van der Waals surface area contributed by atoms with Crippen LogP contribution in [0.1, 0.15) is 44.6 Å². The van der Waals surface area contributed by atoms with E-state index in [1.807, 2.05) is 19.2 Å². The number of nitrogens with zero attached hydrogens (tertiary/aromatic N) is 2. The first-order valence-electron chi connectivity index (χ1n) is 11.1. The Kier molecular flexibility index (Phi) is 10.8. The molecule has 0 spiro atoms. The molecule has 0 amide bonds. The molecule has 0 bridgehead atoms. The van der Waals surface area contributed by atoms with Crippen molar-refractivity contribution in [1.29, 1.82) is 0 Å². The van der Waals surface area contributed by atoms with Gasteiger partial charge in [-0.1, -0.05) is 19.1 Å². The van der Waals surface area contributed by atoms with Crippen LogP contribution >= 0.6 is 24.0 Å². The molecule has 0 atom stereocenters. The Hall–Kier alpha value is -0.930. The van der Waals surface area contributed by atoms with Gasteiger partial charge in [0.05, 0.1) is 0 Å². The topological polar surface area (TPSA) is 48.9 Å². The van der Waals surface area contributed by atoms with Gasteiger partial charge in [0.15, 0.2) is 5.96 Å². The molecule has 0 unspecified atom stereocenters. The molecule has 2 saturated heterocycles. The predicted octanol–water partition coefficient (Wildman–Crippen LogP) is 3.78. The van der Waals surface area contributed by atoms with Crippen LogP contribution in [-0.2, 0) is 10.2 Å². The molecule has 2 fully saturated rings. The fourth-order valence-corrected chi connectivity index (χ4v) is 4.40. The van der Waals surface area contributed by atoms with Gasteiger partial charge >= 0.3 is 0 Å². The second-order valence-electron chi connectivity index (χ2n) is 8.63. The van der Waals surface area contributed by atoms with Crippen molar-refractivity contribution in [2.24, 2.45) is 10.9 Å². The van der Waals surface area contributed by atoms with Crippen molar-refractivity contribution >= 4 is 29.9 Å². The van der Waals surface area contributed by atoms with Crippen molar-refractivity contribution < 1.29 is 9.13 Å². The van der Waals surface area contributed by atoms with Crippen LogP contribution in [0.3, 0.4) is 0 Å². The van der Waals surface area contributed by atoms with E-state index in [1.54, 1.807) is 12.1 Å². The molecule has 2 aliphatic heterocycles. The number of piperidine rings is 1. The predicted molar refractivity (Wildman–Crippen MR) is 132 cm³/mol. The van der Waals surface area contributed by atoms with E-state index >= 15 is 0 Å². The summed E-state index contributed by atoms with van der Waals surface area (Å²) in [5, 5.41) is 6.97. The first kappa shape index (κ1) is 25.3. The molecular weight excluding hydrogens is 494 g/mol. The summed E-state index contributed by atoms with van der Waals surface area (Å²) in [6.45, 7) is 9.12. The molecule has 2 aliphatic rings. The van der Waals surface area contributed by atoms with Gasteiger partial charge < -0.3 is 20.3 Å². The van der Waals surface area contributed by atoms with E-state index in [-0.39, 0.29) is 35.2 Å². The lowest BCUT2D eigenvalue weighted by Gasteiger charge is -2.38. The zero-order chi connectivity index (χ0) is 20.5. The number of ether oxygens (including phenoxy) is 1. The molecule has 5 nitrogen and oxygen atoms in total. The van der Waals surface area contributed by atoms with E-state index in [2.05, 4.69) is 27.4 Å². The van der Waals surface area contributed by atoms with Gasteiger partial charge in [0.2, 0.25) is 0 Å². The normalized spacial score (nSPS) is 20.4. The van der Waals surface area contributed by atoms with Crippen LogP contribution in [0.5, 0.6) is 0 Å². The fraction of sp³-hybridized carbons (Fsp3) is 0.696. The number of rotatable bonds is 7. The highest BCUT2D eigenvalue weighted by Crippen LogP contribution is 2.34. The highest BCUT2D eigenvalue weighted by Gasteiger charge is 2.34. The first-order chi connectivity index (χ1) is 14.1. The molecule has 0 aliphatic carbocycles. The Morgan fingerprint density at radius 2 is 1.83 bits per heavy atom. The number of hydrogen-bond donors (Lipinski definition) is 2. The maximum atomic E-state index is 13.4. The zero-order valence-corrected chi connectivity index (χ0v) is 20.8. The van der Waals surface area contributed by atoms with Gasteiger partial charge in [0.1, 0.15) is 5.82 Å². The molecule has 170 valence electrons. The van der Waals surface area contributed by atoms with Gasteiger partial charge in [-0.15, -0.1) is 24.0 Å². The van der Waals surface area contributed by atoms with Crippen molar-refractivity contribution in [2.75, 3.05) is 53.0 Å². The minimum atomic E-state index is -0.190. The number of hydrogen-bond acceptors (Lipinski definition) is 3. The SMILES string of the molecule is CN=C(NCCCN1CCC(C)CC1)NCC1(c2ccc(F)cc2)CCOCC1.I. The maximum Gasteiger partial charge on any atom is 0.191 e. The van der Waals surface area contributed by atoms with Gasteiger partial charge in [-0.25, -0.2) is 4.39 Å². The highest BCUT2D eigenvalue weighted by molar-refractivity contribution is 14.0. The summed E-state index contributed by atoms with van der Waals surface area (Å²) < 4.78 is 19.0. The second-order valence-corrected chi connectivity index (χ2v) is 8.63. The highest BCUT2D eigenvalue weighted by atomic mass is 127. The third-order valence-corrected chi connectivity index (χ3v) is 6.54. The Bertz CT molecular complexity index is 641. The third-order valence-electron chi connectivity index (χ3n) is 6.54. The molecule has 2 heterocycles. The Balaban J connectivity index is 0.00000320. The Morgan fingerprint density at radius 1 is 1.17 bits per heavy atom. The van der Waals surface area contributed by atoms with Gasteiger partial charge in [-0.05, 0) is 75.4 Å². The lowest BCUT2D eigenvalue weighted by Crippen LogP contribution is -2.48. The van der Waals surface area contributed by atoms with Crippen LogP contribution in [0.2, 0.25) is 0 Å². The molecule has 0 aromatic heterocycles. The van der Waals surface area contributed by atoms with Crippen molar-refractivity contribution in [2.45, 2.75) is 44.4 Å². The summed E-state index contributed by atoms with van der Waals surface area (Å²) in [4.78, 5) is 6.97. The molecule has 3 rings (SSSR count). The summed E-state index contributed by atoms with van der Waals surface area (Å²) in [7, 11) is 1.82. The van der Waals surface area contributed by atoms with Crippen LogP contribution in [0.4, 0.5) is 4.39 Å². The monoisotopic (exact) mass is 532 g/mol. The third kappa shape index (κ3) is 7.34. The average molecular weight is 532 g/mol. The average Bonchev–Trinajstić information content (AvgIpc) is 2.75. The number of benzene rings is 1. The van der Waals surface area contributed by atoms with E-state index in [4.69, 9.17) is 4.74 Å². The van der Waals surface area contributed by atoms with Crippen molar-refractivity contribution in [3.63, 3.8) is 0 Å². The van der Waals surface area contributed by atoms with Crippen LogP contribution in [-0.4, -0.2) is 63.8 Å². The fourth-order valence-electron chi connectivity index (χ4n) is 4.40. The summed E-state index contributed by atoms with van der Waals surface area (Å²) in [6, 6.07) is 6.94. The van der Waals surface area contributed by atoms with Crippen molar-refractivity contribution in [3.05, 3.63) is 35.6 Å². The van der Waals surface area contributed by atoms with E-state index in [0.717, 1.165) is 64.0 Å². The summed E-state index contributed by atoms with van der Waals surface area (Å²) in [5.74, 6) is 1.53. The molecule has 1 aromatic rings. The van der Waals surface area contributed by atoms with E-state index < -0.39 is 0 Å². The van der Waals surface area contributed by atoms with Crippen LogP contribution < -0.4 is 10.6 Å². The van der Waals surface area contributed by atoms with Gasteiger partial charge in [-0.3, -0.25) is 4.99 Å². The number of nitrogens with one attached hydrogen (secondary N) is 2. The van der Waals surface area contributed by atoms with Gasteiger partial charge in [-0.2, -0.15) is 0 Å². The lowest BCUT2D eigenvalue weighted by atomic mass is 9.74. The minimum Gasteiger partial charge on any atom is -0.381 e. The molecule has 1 aromatic carbocycles. The number of guanidine groups is 1. The first-order valence-corrected chi connectivity index (χ1v) is 11.1. The van der Waals surface area contributed by atoms with Gasteiger partial charge in [0.25, 0.3) is 0 Å². The van der Waals surface area contributed by atoms with Crippen LogP contribution in [0.25, 0.3) is 0 Å². The number of aliphatic imine (C=N–C) groups is 1. The summed E-state index contributed by atoms with van der Waals surface area (Å²) in [5.41, 5.74) is 1.12. The molecular formula is C23H38FIN4O. The van der Waals surface area contributed by atoms with Crippen molar-refractivity contribution in [1.82, 2.24) is 15.5 Å². The Morgan fingerprint density at radius 3 is 2.47 bits per heavy atom. The summed E-state index contributed by atoms with van der Waals surface area (Å²) in [6.07, 6.45) is 5.62. The Labute approximate surface area is 198 Å². The summed E-state index contributed by atoms with van der Waals surface area (Å²) >= 11 is 0. The molecule has 0 saturated carbocycles. The smallest absolute Gasteiger partial charge is 0.191 e. The van der Waals surface area contributed by atoms with Crippen LogP contribution in [0, 0.1) is 11.7 Å². The number of halogens is 2. The second kappa shape index (κ2) is 12.8. The van der Waals surface area contributed by atoms with Crippen LogP contribution in [0.15, 0.2) is 29.3 Å². The van der Waals surface area contributed by atoms with Crippen molar-refractivity contribution in [3.8, 4) is 0 Å².